The van der Waals surface area contributed by atoms with Gasteiger partial charge in [0.05, 0.1) is 13.1 Å². The van der Waals surface area contributed by atoms with Crippen LogP contribution in [0.15, 0.2) is 42.5 Å². The fourth-order valence-corrected chi connectivity index (χ4v) is 2.97. The lowest BCUT2D eigenvalue weighted by molar-refractivity contribution is -0.119. The molecule has 3 amide bonds. The van der Waals surface area contributed by atoms with E-state index in [1.54, 1.807) is 11.0 Å². The number of hydrogen-bond donors (Lipinski definition) is 2. The molecule has 7 heteroatoms. The Morgan fingerprint density at radius 3 is 2.71 bits per heavy atom. The number of anilines is 1. The zero-order valence-electron chi connectivity index (χ0n) is 16.2. The number of benzene rings is 2. The van der Waals surface area contributed by atoms with Crippen LogP contribution in [0.1, 0.15) is 16.7 Å². The van der Waals surface area contributed by atoms with Crippen LogP contribution >= 0.6 is 0 Å². The summed E-state index contributed by atoms with van der Waals surface area (Å²) < 4.78 is 10.6. The molecule has 0 unspecified atom stereocenters. The van der Waals surface area contributed by atoms with Crippen molar-refractivity contribution in [3.05, 3.63) is 59.2 Å². The number of fused-ring (bicyclic) bond motifs is 1. The normalized spacial score (nSPS) is 13.1. The van der Waals surface area contributed by atoms with E-state index in [1.807, 2.05) is 43.3 Å². The molecule has 3 rings (SSSR count). The summed E-state index contributed by atoms with van der Waals surface area (Å²) in [6.07, 6.45) is 0. The number of urea groups is 1. The van der Waals surface area contributed by atoms with Crippen molar-refractivity contribution in [2.45, 2.75) is 20.0 Å². The smallest absolute Gasteiger partial charge is 0.318 e. The van der Waals surface area contributed by atoms with E-state index in [0.717, 1.165) is 16.9 Å². The standard InChI is InChI=1S/C21H25N3O4/c1-15-3-5-16(6-4-15)12-22-21(26)24-9-10-28-19-8-7-18(11-17(19)13-24)23-20(25)14-27-2/h3-8,11H,9-10,12-14H2,1-2H3,(H,22,26)(H,23,25). The predicted octanol–water partition coefficient (Wildman–Crippen LogP) is 2.68. The number of methoxy groups -OCH3 is 1. The first kappa shape index (κ1) is 19.7. The average molecular weight is 383 g/mol. The van der Waals surface area contributed by atoms with Crippen molar-refractivity contribution in [2.75, 3.05) is 32.2 Å². The van der Waals surface area contributed by atoms with Crippen molar-refractivity contribution in [2.24, 2.45) is 0 Å². The van der Waals surface area contributed by atoms with Crippen LogP contribution in [-0.2, 0) is 22.6 Å². The second-order valence-electron chi connectivity index (χ2n) is 6.72. The molecule has 0 bridgehead atoms. The quantitative estimate of drug-likeness (QED) is 0.832. The van der Waals surface area contributed by atoms with Crippen LogP contribution in [-0.4, -0.2) is 43.7 Å². The average Bonchev–Trinajstić information content (AvgIpc) is 2.89. The first-order valence-electron chi connectivity index (χ1n) is 9.18. The Hall–Kier alpha value is -3.06. The topological polar surface area (TPSA) is 79.9 Å². The highest BCUT2D eigenvalue weighted by molar-refractivity contribution is 5.91. The fraction of sp³-hybridized carbons (Fsp3) is 0.333. The van der Waals surface area contributed by atoms with Gasteiger partial charge >= 0.3 is 6.03 Å². The van der Waals surface area contributed by atoms with Crippen LogP contribution in [0.2, 0.25) is 0 Å². The number of rotatable bonds is 5. The monoisotopic (exact) mass is 383 g/mol. The molecular weight excluding hydrogens is 358 g/mol. The Morgan fingerprint density at radius 1 is 1.18 bits per heavy atom. The van der Waals surface area contributed by atoms with Gasteiger partial charge in [-0.15, -0.1) is 0 Å². The third-order valence-corrected chi connectivity index (χ3v) is 4.45. The third kappa shape index (κ3) is 5.23. The van der Waals surface area contributed by atoms with E-state index in [2.05, 4.69) is 10.6 Å². The van der Waals surface area contributed by atoms with Crippen molar-refractivity contribution in [3.63, 3.8) is 0 Å². The summed E-state index contributed by atoms with van der Waals surface area (Å²) in [6, 6.07) is 13.3. The largest absolute Gasteiger partial charge is 0.491 e. The van der Waals surface area contributed by atoms with Crippen LogP contribution in [0.4, 0.5) is 10.5 Å². The molecule has 0 aromatic heterocycles. The molecule has 0 saturated carbocycles. The number of hydrogen-bond acceptors (Lipinski definition) is 4. The van der Waals surface area contributed by atoms with Gasteiger partial charge in [0.15, 0.2) is 0 Å². The maximum atomic E-state index is 12.6. The van der Waals surface area contributed by atoms with Crippen LogP contribution in [0.25, 0.3) is 0 Å². The number of aryl methyl sites for hydroxylation is 1. The maximum absolute atomic E-state index is 12.6. The van der Waals surface area contributed by atoms with Gasteiger partial charge in [-0.1, -0.05) is 29.8 Å². The van der Waals surface area contributed by atoms with Crippen molar-refractivity contribution in [1.29, 1.82) is 0 Å². The molecule has 0 aliphatic carbocycles. The lowest BCUT2D eigenvalue weighted by atomic mass is 10.1. The van der Waals surface area contributed by atoms with Gasteiger partial charge in [-0.3, -0.25) is 4.79 Å². The molecule has 7 nitrogen and oxygen atoms in total. The lowest BCUT2D eigenvalue weighted by Gasteiger charge is -2.20. The molecule has 0 radical (unpaired) electrons. The van der Waals surface area contributed by atoms with E-state index >= 15 is 0 Å². The van der Waals surface area contributed by atoms with Gasteiger partial charge in [-0.2, -0.15) is 0 Å². The Kier molecular flexibility index (Phi) is 6.49. The molecule has 2 N–H and O–H groups in total. The number of carbonyl (C=O) groups excluding carboxylic acids is 2. The zero-order valence-corrected chi connectivity index (χ0v) is 16.2. The first-order chi connectivity index (χ1) is 13.5. The molecule has 0 saturated heterocycles. The highest BCUT2D eigenvalue weighted by atomic mass is 16.5. The molecule has 2 aromatic carbocycles. The molecule has 1 aliphatic heterocycles. The number of amides is 3. The van der Waals surface area contributed by atoms with Gasteiger partial charge in [0.1, 0.15) is 19.0 Å². The molecule has 0 fully saturated rings. The highest BCUT2D eigenvalue weighted by Crippen LogP contribution is 2.26. The van der Waals surface area contributed by atoms with Crippen LogP contribution in [0, 0.1) is 6.92 Å². The summed E-state index contributed by atoms with van der Waals surface area (Å²) in [7, 11) is 1.47. The van der Waals surface area contributed by atoms with Gasteiger partial charge in [-0.25, -0.2) is 4.79 Å². The van der Waals surface area contributed by atoms with E-state index < -0.39 is 0 Å². The Bertz CT molecular complexity index is 836. The summed E-state index contributed by atoms with van der Waals surface area (Å²) in [5.74, 6) is 0.489. The second kappa shape index (κ2) is 9.23. The molecule has 2 aromatic rings. The van der Waals surface area contributed by atoms with Gasteiger partial charge in [-0.05, 0) is 30.7 Å². The summed E-state index contributed by atoms with van der Waals surface area (Å²) in [4.78, 5) is 26.1. The molecule has 1 heterocycles. The Balaban J connectivity index is 1.64. The molecule has 0 atom stereocenters. The summed E-state index contributed by atoms with van der Waals surface area (Å²) in [5.41, 5.74) is 3.72. The van der Waals surface area contributed by atoms with Gasteiger partial charge in [0.25, 0.3) is 0 Å². The van der Waals surface area contributed by atoms with Crippen molar-refractivity contribution < 1.29 is 19.1 Å². The number of carbonyl (C=O) groups is 2. The summed E-state index contributed by atoms with van der Waals surface area (Å²) in [6.45, 7) is 3.80. The van der Waals surface area contributed by atoms with E-state index in [4.69, 9.17) is 9.47 Å². The van der Waals surface area contributed by atoms with Crippen LogP contribution in [0.5, 0.6) is 5.75 Å². The summed E-state index contributed by atoms with van der Waals surface area (Å²) >= 11 is 0. The van der Waals surface area contributed by atoms with Crippen LogP contribution in [0.3, 0.4) is 0 Å². The minimum absolute atomic E-state index is 0.0128. The number of nitrogens with one attached hydrogen (secondary N) is 2. The SMILES string of the molecule is COCC(=O)Nc1ccc2c(c1)CN(C(=O)NCc1ccc(C)cc1)CCO2. The first-order valence-corrected chi connectivity index (χ1v) is 9.18. The molecule has 1 aliphatic rings. The zero-order chi connectivity index (χ0) is 19.9. The van der Waals surface area contributed by atoms with E-state index in [1.165, 1.54) is 12.7 Å². The Morgan fingerprint density at radius 2 is 1.96 bits per heavy atom. The Labute approximate surface area is 164 Å². The minimum atomic E-state index is -0.232. The minimum Gasteiger partial charge on any atom is -0.491 e. The molecule has 148 valence electrons. The highest BCUT2D eigenvalue weighted by Gasteiger charge is 2.20. The van der Waals surface area contributed by atoms with Crippen molar-refractivity contribution >= 4 is 17.6 Å². The van der Waals surface area contributed by atoms with E-state index in [-0.39, 0.29) is 18.5 Å². The van der Waals surface area contributed by atoms with Crippen LogP contribution < -0.4 is 15.4 Å². The predicted molar refractivity (Wildman–Crippen MR) is 106 cm³/mol. The van der Waals surface area contributed by atoms with Gasteiger partial charge < -0.3 is 25.0 Å². The van der Waals surface area contributed by atoms with Crippen molar-refractivity contribution in [1.82, 2.24) is 10.2 Å². The fourth-order valence-electron chi connectivity index (χ4n) is 2.97. The van der Waals surface area contributed by atoms with E-state index in [9.17, 15) is 9.59 Å². The van der Waals surface area contributed by atoms with Gasteiger partial charge in [0, 0.05) is 24.9 Å². The van der Waals surface area contributed by atoms with Gasteiger partial charge in [0.2, 0.25) is 5.91 Å². The lowest BCUT2D eigenvalue weighted by Crippen LogP contribution is -2.40. The number of nitrogens with zero attached hydrogens (tertiary/aromatic N) is 1. The molecular formula is C21H25N3O4. The molecule has 28 heavy (non-hydrogen) atoms. The van der Waals surface area contributed by atoms with E-state index in [0.29, 0.717) is 31.9 Å². The number of ether oxygens (including phenoxy) is 2. The van der Waals surface area contributed by atoms with Crippen molar-refractivity contribution in [3.8, 4) is 5.75 Å². The summed E-state index contributed by atoms with van der Waals surface area (Å²) in [5, 5.41) is 5.73. The third-order valence-electron chi connectivity index (χ3n) is 4.45. The molecule has 0 spiro atoms. The second-order valence-corrected chi connectivity index (χ2v) is 6.72. The maximum Gasteiger partial charge on any atom is 0.318 e.